The molecule has 0 saturated heterocycles. The first-order valence-electron chi connectivity index (χ1n) is 32.7. The van der Waals surface area contributed by atoms with E-state index in [0.717, 1.165) is 34.2 Å². The van der Waals surface area contributed by atoms with Crippen LogP contribution in [0.3, 0.4) is 0 Å². The van der Waals surface area contributed by atoms with Crippen LogP contribution < -0.4 is 29.2 Å². The monoisotopic (exact) mass is 1270 g/mol. The Bertz CT molecular complexity index is 5110. The Morgan fingerprint density at radius 3 is 0.857 bits per heavy atom. The van der Waals surface area contributed by atoms with E-state index in [1.54, 1.807) is 7.11 Å². The molecular weight excluding hydrogens is 1200 g/mol. The molecule has 0 saturated carbocycles. The average Bonchev–Trinajstić information content (AvgIpc) is 0.840. The van der Waals surface area contributed by atoms with Crippen LogP contribution in [0.15, 0.2) is 334 Å². The molecule has 480 valence electrons. The summed E-state index contributed by atoms with van der Waals surface area (Å²) in [5, 5.41) is 21.4. The van der Waals surface area contributed by atoms with Gasteiger partial charge in [-0.1, -0.05) is 218 Å². The lowest BCUT2D eigenvalue weighted by atomic mass is 10.1. The molecule has 0 amide bonds. The van der Waals surface area contributed by atoms with Crippen LogP contribution in [0.4, 0.5) is 62.6 Å². The molecule has 98 heavy (non-hydrogen) atoms. The topological polar surface area (TPSA) is 53.6 Å². The van der Waals surface area contributed by atoms with Crippen molar-refractivity contribution in [2.75, 3.05) is 66.8 Å². The van der Waals surface area contributed by atoms with Gasteiger partial charge < -0.3 is 29.2 Å². The number of ether oxygens (including phenoxy) is 1. The maximum absolute atomic E-state index is 8.86. The van der Waals surface area contributed by atoms with E-state index in [1.807, 2.05) is 86.9 Å². The minimum atomic E-state index is 0.662. The largest absolute Gasteiger partial charge is 0.497 e. The van der Waals surface area contributed by atoms with Crippen molar-refractivity contribution in [2.45, 2.75) is 13.8 Å². The van der Waals surface area contributed by atoms with E-state index < -0.39 is 0 Å². The first-order valence-corrected chi connectivity index (χ1v) is 32.7. The van der Waals surface area contributed by atoms with Crippen LogP contribution >= 0.6 is 0 Å². The minimum Gasteiger partial charge on any atom is -0.497 e. The molecule has 0 aromatic heterocycles. The van der Waals surface area contributed by atoms with Crippen LogP contribution in [0.5, 0.6) is 5.75 Å². The molecule has 0 heterocycles. The normalized spacial score (nSPS) is 10.4. The van der Waals surface area contributed by atoms with E-state index in [4.69, 9.17) is 16.6 Å². The second-order valence-electron chi connectivity index (χ2n) is 24.0. The first-order chi connectivity index (χ1) is 47.9. The molecule has 0 radical (unpaired) electrons. The van der Waals surface area contributed by atoms with Gasteiger partial charge in [0.15, 0.2) is 5.69 Å². The molecular formula is C90H79N7O. The minimum absolute atomic E-state index is 0.662. The van der Waals surface area contributed by atoms with Gasteiger partial charge in [0.1, 0.15) is 5.75 Å². The molecule has 0 fully saturated rings. The molecule has 0 bridgehead atoms. The van der Waals surface area contributed by atoms with Crippen molar-refractivity contribution in [2.24, 2.45) is 0 Å². The standard InChI is InChI=1S/2C18H14N2.C18H17NO.2C18H17N/c1-19-15-9-6-10-16(13-15)20(2)18-12-5-8-14-7-3-4-11-17(14)18;1-20(16-11-9-14(13-19)10-12-16)18-8-4-6-15-5-2-3-7-17(15)18;1-19(15-10-12-16(20-2)13-11-15)18-9-5-7-14-6-3-4-8-17(14)18;2*1-14-7-5-10-16(13-14)19(2)18-12-6-9-15-8-3-4-11-17(15)18/h3-13H,2H3;2-12H,1H3;3-13H,1-2H3;2*3-13H,1-2H3. The summed E-state index contributed by atoms with van der Waals surface area (Å²) >= 11 is 0. The van der Waals surface area contributed by atoms with Crippen molar-refractivity contribution in [1.82, 2.24) is 0 Å². The van der Waals surface area contributed by atoms with Crippen LogP contribution in [0.2, 0.25) is 0 Å². The third kappa shape index (κ3) is 15.9. The summed E-state index contributed by atoms with van der Waals surface area (Å²) in [7, 11) is 12.1. The number of hydrogen-bond acceptors (Lipinski definition) is 7. The Morgan fingerprint density at radius 2 is 0.561 bits per heavy atom. The number of nitrogens with zero attached hydrogens (tertiary/aromatic N) is 7. The van der Waals surface area contributed by atoms with E-state index in [1.165, 1.54) is 93.4 Å². The fourth-order valence-electron chi connectivity index (χ4n) is 12.2. The Labute approximate surface area is 577 Å². The smallest absolute Gasteiger partial charge is 0.189 e. The van der Waals surface area contributed by atoms with Gasteiger partial charge in [0.05, 0.1) is 25.3 Å². The third-order valence-electron chi connectivity index (χ3n) is 17.6. The summed E-state index contributed by atoms with van der Waals surface area (Å²) in [6.45, 7) is 11.4. The number of aryl methyl sites for hydroxylation is 2. The summed E-state index contributed by atoms with van der Waals surface area (Å²) in [5.74, 6) is 0.875. The molecule has 0 atom stereocenters. The number of hydrogen-bond donors (Lipinski definition) is 0. The summed E-state index contributed by atoms with van der Waals surface area (Å²) in [6, 6.07) is 117. The van der Waals surface area contributed by atoms with Crippen molar-refractivity contribution in [1.29, 1.82) is 5.26 Å². The summed E-state index contributed by atoms with van der Waals surface area (Å²) in [5.41, 5.74) is 15.6. The molecule has 0 aliphatic rings. The second kappa shape index (κ2) is 32.0. The van der Waals surface area contributed by atoms with Gasteiger partial charge in [-0.3, -0.25) is 0 Å². The fourth-order valence-corrected chi connectivity index (χ4v) is 12.2. The Hall–Kier alpha value is -12.6. The zero-order valence-corrected chi connectivity index (χ0v) is 56.8. The van der Waals surface area contributed by atoms with Gasteiger partial charge in [-0.15, -0.1) is 0 Å². The molecule has 8 heteroatoms. The average molecular weight is 1270 g/mol. The van der Waals surface area contributed by atoms with Gasteiger partial charge in [0, 0.05) is 119 Å². The predicted molar refractivity (Wildman–Crippen MR) is 419 cm³/mol. The Balaban J connectivity index is 0.000000124. The van der Waals surface area contributed by atoms with Gasteiger partial charge in [-0.2, -0.15) is 5.26 Å². The van der Waals surface area contributed by atoms with Gasteiger partial charge >= 0.3 is 0 Å². The van der Waals surface area contributed by atoms with Crippen LogP contribution in [0, 0.1) is 31.8 Å². The molecule has 8 nitrogen and oxygen atoms in total. The van der Waals surface area contributed by atoms with Crippen LogP contribution in [0.25, 0.3) is 58.7 Å². The van der Waals surface area contributed by atoms with Crippen molar-refractivity contribution < 1.29 is 4.74 Å². The Morgan fingerprint density at radius 1 is 0.296 bits per heavy atom. The van der Waals surface area contributed by atoms with E-state index in [2.05, 4.69) is 331 Å². The van der Waals surface area contributed by atoms with Crippen LogP contribution in [-0.2, 0) is 0 Å². The second-order valence-corrected chi connectivity index (χ2v) is 24.0. The third-order valence-corrected chi connectivity index (χ3v) is 17.6. The van der Waals surface area contributed by atoms with E-state index >= 15 is 0 Å². The molecule has 0 aliphatic heterocycles. The molecule has 0 N–H and O–H groups in total. The molecule has 15 rings (SSSR count). The van der Waals surface area contributed by atoms with E-state index in [-0.39, 0.29) is 0 Å². The number of methoxy groups -OCH3 is 1. The highest BCUT2D eigenvalue weighted by Crippen LogP contribution is 2.37. The number of rotatable bonds is 11. The lowest BCUT2D eigenvalue weighted by molar-refractivity contribution is 0.415. The quantitative estimate of drug-likeness (QED) is 0.120. The summed E-state index contributed by atoms with van der Waals surface area (Å²) in [4.78, 5) is 14.4. The van der Waals surface area contributed by atoms with Gasteiger partial charge in [0.25, 0.3) is 0 Å². The summed E-state index contributed by atoms with van der Waals surface area (Å²) < 4.78 is 5.21. The zero-order valence-electron chi connectivity index (χ0n) is 56.8. The van der Waals surface area contributed by atoms with Crippen LogP contribution in [0.1, 0.15) is 16.7 Å². The SMILES string of the molecule is CN(c1ccc(C#N)cc1)c1cccc2ccccc12.COc1ccc(N(C)c2cccc3ccccc23)cc1.Cc1cccc(N(C)c2cccc3ccccc23)c1.Cc1cccc(N(C)c2cccc3ccccc23)c1.[C-]#[N+]c1cccc(N(C)c2cccc3ccccc23)c1. The van der Waals surface area contributed by atoms with Gasteiger partial charge in [-0.05, 0) is 167 Å². The van der Waals surface area contributed by atoms with Crippen molar-refractivity contribution in [3.63, 3.8) is 0 Å². The van der Waals surface area contributed by atoms with Crippen molar-refractivity contribution in [3.05, 3.63) is 362 Å². The van der Waals surface area contributed by atoms with Crippen LogP contribution in [-0.4, -0.2) is 42.3 Å². The molecule has 0 spiro atoms. The van der Waals surface area contributed by atoms with Gasteiger partial charge in [-0.25, -0.2) is 4.85 Å². The van der Waals surface area contributed by atoms with Crippen molar-refractivity contribution >= 4 is 116 Å². The van der Waals surface area contributed by atoms with E-state index in [9.17, 15) is 0 Å². The highest BCUT2D eigenvalue weighted by Gasteiger charge is 2.13. The highest BCUT2D eigenvalue weighted by atomic mass is 16.5. The first kappa shape index (κ1) is 66.8. The predicted octanol–water partition coefficient (Wildman–Crippen LogP) is 24.1. The Kier molecular flexibility index (Phi) is 21.8. The number of nitriles is 1. The maximum atomic E-state index is 8.86. The lowest BCUT2D eigenvalue weighted by Gasteiger charge is -2.21. The lowest BCUT2D eigenvalue weighted by Crippen LogP contribution is -2.09. The number of benzene rings is 15. The highest BCUT2D eigenvalue weighted by molar-refractivity contribution is 6.00. The van der Waals surface area contributed by atoms with Gasteiger partial charge in [0.2, 0.25) is 0 Å². The summed E-state index contributed by atoms with van der Waals surface area (Å²) in [6.07, 6.45) is 0. The molecule has 0 aliphatic carbocycles. The fraction of sp³-hybridized carbons (Fsp3) is 0.0889. The molecule has 15 aromatic carbocycles. The number of fused-ring (bicyclic) bond motifs is 5. The maximum Gasteiger partial charge on any atom is 0.189 e. The van der Waals surface area contributed by atoms with Crippen molar-refractivity contribution in [3.8, 4) is 11.8 Å². The molecule has 15 aromatic rings. The zero-order chi connectivity index (χ0) is 68.3. The number of anilines is 10. The molecule has 0 unspecified atom stereocenters. The van der Waals surface area contributed by atoms with E-state index in [0.29, 0.717) is 11.3 Å².